The Kier molecular flexibility index (Phi) is 6.81. The highest BCUT2D eigenvalue weighted by atomic mass is 32.1. The summed E-state index contributed by atoms with van der Waals surface area (Å²) in [7, 11) is 0. The van der Waals surface area contributed by atoms with E-state index in [1.54, 1.807) is 73.8 Å². The van der Waals surface area contributed by atoms with Crippen molar-refractivity contribution in [2.75, 3.05) is 6.61 Å². The first kappa shape index (κ1) is 22.6. The summed E-state index contributed by atoms with van der Waals surface area (Å²) in [5.74, 6) is -1.05. The Balaban J connectivity index is 1.53. The third-order valence-corrected chi connectivity index (χ3v) is 5.72. The zero-order valence-corrected chi connectivity index (χ0v) is 18.6. The fourth-order valence-corrected chi connectivity index (χ4v) is 3.68. The van der Waals surface area contributed by atoms with Gasteiger partial charge in [-0.2, -0.15) is 0 Å². The van der Waals surface area contributed by atoms with E-state index < -0.39 is 36.1 Å². The molecule has 170 valence electrons. The lowest BCUT2D eigenvalue weighted by Crippen LogP contribution is -2.32. The zero-order valence-electron chi connectivity index (χ0n) is 17.8. The molecular formula is C24H22N2O6S. The number of aryl methyl sites for hydroxylation is 1. The summed E-state index contributed by atoms with van der Waals surface area (Å²) in [6, 6.07) is 17.1. The number of nitrogens with zero attached hydrogens (tertiary/aromatic N) is 1. The molecule has 1 aliphatic rings. The van der Waals surface area contributed by atoms with Crippen LogP contribution in [0, 0.1) is 11.6 Å². The standard InChI is InChI=1S/C24H22N2O6S/c1-15-13-26(24(29)25-21(15)33)20-12-18(32-23(28)17-10-6-3-7-11-17)19(31-20)14-30-22(27)16-8-4-2-5-9-16/h2-11,13,18-20H,12,14H2,1H3,(H,25,29,33)/t18-,19+,20+/m0/s1. The van der Waals surface area contributed by atoms with Gasteiger partial charge in [-0.05, 0) is 31.2 Å². The molecule has 1 aliphatic heterocycles. The van der Waals surface area contributed by atoms with Gasteiger partial charge in [-0.3, -0.25) is 9.55 Å². The van der Waals surface area contributed by atoms with Crippen LogP contribution in [0.3, 0.4) is 0 Å². The first-order chi connectivity index (χ1) is 15.9. The van der Waals surface area contributed by atoms with Crippen molar-refractivity contribution in [1.29, 1.82) is 0 Å². The number of aromatic amines is 1. The molecule has 1 aromatic heterocycles. The van der Waals surface area contributed by atoms with Gasteiger partial charge in [-0.15, -0.1) is 0 Å². The summed E-state index contributed by atoms with van der Waals surface area (Å²) in [5.41, 5.74) is 1.04. The molecule has 0 amide bonds. The quantitative estimate of drug-likeness (QED) is 0.438. The van der Waals surface area contributed by atoms with Crippen LogP contribution in [-0.4, -0.2) is 40.3 Å². The normalized spacial score (nSPS) is 19.7. The van der Waals surface area contributed by atoms with Crippen LogP contribution in [0.5, 0.6) is 0 Å². The molecule has 33 heavy (non-hydrogen) atoms. The lowest BCUT2D eigenvalue weighted by atomic mass is 10.1. The molecule has 1 fully saturated rings. The minimum Gasteiger partial charge on any atom is -0.459 e. The van der Waals surface area contributed by atoms with Crippen LogP contribution in [0.15, 0.2) is 71.7 Å². The van der Waals surface area contributed by atoms with E-state index in [4.69, 9.17) is 26.4 Å². The number of benzene rings is 2. The van der Waals surface area contributed by atoms with Crippen molar-refractivity contribution in [3.8, 4) is 0 Å². The molecule has 0 bridgehead atoms. The van der Waals surface area contributed by atoms with Crippen LogP contribution in [0.1, 0.15) is 38.9 Å². The number of rotatable bonds is 6. The highest BCUT2D eigenvalue weighted by Crippen LogP contribution is 2.31. The lowest BCUT2D eigenvalue weighted by molar-refractivity contribution is -0.0582. The highest BCUT2D eigenvalue weighted by Gasteiger charge is 2.40. The fraction of sp³-hybridized carbons (Fsp3) is 0.250. The van der Waals surface area contributed by atoms with Gasteiger partial charge in [0.15, 0.2) is 0 Å². The molecule has 0 radical (unpaired) electrons. The third-order valence-electron chi connectivity index (χ3n) is 5.29. The summed E-state index contributed by atoms with van der Waals surface area (Å²) in [5, 5.41) is 0. The number of esters is 2. The molecule has 0 saturated carbocycles. The van der Waals surface area contributed by atoms with Crippen LogP contribution in [-0.2, 0) is 14.2 Å². The van der Waals surface area contributed by atoms with Gasteiger partial charge >= 0.3 is 17.6 Å². The van der Waals surface area contributed by atoms with Gasteiger partial charge in [0.1, 0.15) is 29.7 Å². The van der Waals surface area contributed by atoms with Crippen LogP contribution in [0.25, 0.3) is 0 Å². The average Bonchev–Trinajstić information content (AvgIpc) is 3.23. The molecule has 1 N–H and O–H groups in total. The highest BCUT2D eigenvalue weighted by molar-refractivity contribution is 7.71. The second-order valence-electron chi connectivity index (χ2n) is 7.62. The maximum Gasteiger partial charge on any atom is 0.338 e. The van der Waals surface area contributed by atoms with Crippen molar-refractivity contribution in [2.45, 2.75) is 31.8 Å². The van der Waals surface area contributed by atoms with Gasteiger partial charge < -0.3 is 14.2 Å². The van der Waals surface area contributed by atoms with Crippen molar-refractivity contribution in [3.63, 3.8) is 0 Å². The third kappa shape index (κ3) is 5.27. The minimum absolute atomic E-state index is 0.145. The van der Waals surface area contributed by atoms with E-state index in [9.17, 15) is 14.4 Å². The van der Waals surface area contributed by atoms with Crippen LogP contribution >= 0.6 is 12.2 Å². The smallest absolute Gasteiger partial charge is 0.338 e. The van der Waals surface area contributed by atoms with E-state index in [2.05, 4.69) is 4.98 Å². The molecule has 0 unspecified atom stereocenters. The summed E-state index contributed by atoms with van der Waals surface area (Å²) in [4.78, 5) is 40.1. The van der Waals surface area contributed by atoms with Gasteiger partial charge in [0.05, 0.1) is 11.1 Å². The predicted molar refractivity (Wildman–Crippen MR) is 122 cm³/mol. The van der Waals surface area contributed by atoms with Gasteiger partial charge in [-0.25, -0.2) is 14.4 Å². The maximum atomic E-state index is 12.6. The second kappa shape index (κ2) is 9.93. The van der Waals surface area contributed by atoms with Gasteiger partial charge in [0.25, 0.3) is 0 Å². The summed E-state index contributed by atoms with van der Waals surface area (Å²) in [6.07, 6.45) is -0.416. The lowest BCUT2D eigenvalue weighted by Gasteiger charge is -2.19. The zero-order chi connectivity index (χ0) is 23.4. The Bertz CT molecular complexity index is 1260. The topological polar surface area (TPSA) is 99.6 Å². The van der Waals surface area contributed by atoms with Gasteiger partial charge in [0, 0.05) is 18.2 Å². The number of hydrogen-bond donors (Lipinski definition) is 1. The predicted octanol–water partition coefficient (Wildman–Crippen LogP) is 3.58. The van der Waals surface area contributed by atoms with Crippen molar-refractivity contribution in [2.24, 2.45) is 0 Å². The van der Waals surface area contributed by atoms with Crippen LogP contribution in [0.4, 0.5) is 0 Å². The molecule has 2 aromatic carbocycles. The summed E-state index contributed by atoms with van der Waals surface area (Å²) < 4.78 is 18.8. The van der Waals surface area contributed by atoms with Gasteiger partial charge in [0.2, 0.25) is 0 Å². The first-order valence-electron chi connectivity index (χ1n) is 10.4. The molecule has 1 saturated heterocycles. The number of carbonyl (C=O) groups is 2. The Morgan fingerprint density at radius 3 is 2.30 bits per heavy atom. The fourth-order valence-electron chi connectivity index (χ4n) is 3.54. The number of H-pyrrole nitrogens is 1. The van der Waals surface area contributed by atoms with E-state index in [1.807, 2.05) is 0 Å². The van der Waals surface area contributed by atoms with Crippen molar-refractivity contribution in [1.82, 2.24) is 9.55 Å². The summed E-state index contributed by atoms with van der Waals surface area (Å²) >= 11 is 5.11. The average molecular weight is 467 g/mol. The van der Waals surface area contributed by atoms with Gasteiger partial charge in [-0.1, -0.05) is 48.6 Å². The van der Waals surface area contributed by atoms with E-state index in [-0.39, 0.29) is 13.0 Å². The van der Waals surface area contributed by atoms with E-state index in [1.165, 1.54) is 4.57 Å². The van der Waals surface area contributed by atoms with E-state index in [0.29, 0.717) is 21.3 Å². The first-order valence-corrected chi connectivity index (χ1v) is 10.8. The molecule has 0 aliphatic carbocycles. The molecule has 0 spiro atoms. The number of hydrogen-bond acceptors (Lipinski definition) is 7. The van der Waals surface area contributed by atoms with Crippen molar-refractivity contribution < 1.29 is 23.8 Å². The largest absolute Gasteiger partial charge is 0.459 e. The molecular weight excluding hydrogens is 444 g/mol. The molecule has 4 rings (SSSR count). The van der Waals surface area contributed by atoms with Crippen molar-refractivity contribution in [3.05, 3.63) is 98.7 Å². The molecule has 8 nitrogen and oxygen atoms in total. The SMILES string of the molecule is Cc1cn([C@H]2C[C@H](OC(=O)c3ccccc3)[C@@H](COC(=O)c3ccccc3)O2)c(=O)[nH]c1=S. The Morgan fingerprint density at radius 1 is 1.06 bits per heavy atom. The summed E-state index contributed by atoms with van der Waals surface area (Å²) in [6.45, 7) is 1.63. The number of aromatic nitrogens is 2. The Labute approximate surface area is 194 Å². The minimum atomic E-state index is -0.759. The van der Waals surface area contributed by atoms with E-state index >= 15 is 0 Å². The Hall–Kier alpha value is -3.56. The molecule has 2 heterocycles. The van der Waals surface area contributed by atoms with Crippen LogP contribution in [0.2, 0.25) is 0 Å². The number of carbonyl (C=O) groups excluding carboxylic acids is 2. The Morgan fingerprint density at radius 2 is 1.67 bits per heavy atom. The molecule has 3 atom stereocenters. The van der Waals surface area contributed by atoms with Crippen molar-refractivity contribution >= 4 is 24.2 Å². The van der Waals surface area contributed by atoms with Crippen LogP contribution < -0.4 is 5.69 Å². The van der Waals surface area contributed by atoms with E-state index in [0.717, 1.165) is 0 Å². The molecule has 3 aromatic rings. The maximum absolute atomic E-state index is 12.6. The molecule has 9 heteroatoms. The second-order valence-corrected chi connectivity index (χ2v) is 8.03. The number of ether oxygens (including phenoxy) is 3. The number of nitrogens with one attached hydrogen (secondary N) is 1. The monoisotopic (exact) mass is 466 g/mol.